The minimum atomic E-state index is -0.245. The Labute approximate surface area is 196 Å². The van der Waals surface area contributed by atoms with Crippen LogP contribution >= 0.6 is 0 Å². The molecular formula is C26H39N3O4. The largest absolute Gasteiger partial charge is 0.420 e. The van der Waals surface area contributed by atoms with E-state index in [1.54, 1.807) is 7.11 Å². The Morgan fingerprint density at radius 3 is 2.58 bits per heavy atom. The fraction of sp³-hybridized carbons (Fsp3) is 0.692. The van der Waals surface area contributed by atoms with Crippen molar-refractivity contribution in [1.29, 1.82) is 0 Å². The molecule has 0 spiro atoms. The summed E-state index contributed by atoms with van der Waals surface area (Å²) in [5, 5.41) is 0. The zero-order chi connectivity index (χ0) is 23.4. The number of hydrogen-bond acceptors (Lipinski definition) is 6. The van der Waals surface area contributed by atoms with Gasteiger partial charge in [0.2, 0.25) is 0 Å². The number of aliphatic imine (C=N–C) groups is 1. The number of oxazole rings is 1. The molecule has 0 amide bonds. The molecule has 2 heterocycles. The molecule has 7 heteroatoms. The number of nitrogens with zero attached hydrogens (tertiary/aromatic N) is 3. The lowest BCUT2D eigenvalue weighted by Gasteiger charge is -2.48. The van der Waals surface area contributed by atoms with Gasteiger partial charge >= 0.3 is 5.76 Å². The van der Waals surface area contributed by atoms with E-state index >= 15 is 0 Å². The van der Waals surface area contributed by atoms with E-state index in [9.17, 15) is 4.79 Å². The number of benzene rings is 1. The Balaban J connectivity index is 1.42. The Bertz CT molecular complexity index is 1010. The van der Waals surface area contributed by atoms with Crippen LogP contribution in [0.5, 0.6) is 0 Å². The highest BCUT2D eigenvalue weighted by atomic mass is 16.5. The molecule has 4 rings (SSSR count). The van der Waals surface area contributed by atoms with Gasteiger partial charge in [-0.05, 0) is 83.1 Å². The van der Waals surface area contributed by atoms with Gasteiger partial charge in [0.25, 0.3) is 0 Å². The molecule has 182 valence electrons. The van der Waals surface area contributed by atoms with Crippen LogP contribution in [0.25, 0.3) is 11.1 Å². The molecule has 1 saturated carbocycles. The summed E-state index contributed by atoms with van der Waals surface area (Å²) < 4.78 is 18.5. The van der Waals surface area contributed by atoms with Crippen molar-refractivity contribution in [2.75, 3.05) is 40.0 Å². The first-order valence-corrected chi connectivity index (χ1v) is 12.5. The second-order valence-electron chi connectivity index (χ2n) is 9.76. The van der Waals surface area contributed by atoms with Crippen LogP contribution in [0.1, 0.15) is 70.9 Å². The molecule has 1 aliphatic heterocycles. The lowest BCUT2D eigenvalue weighted by Crippen LogP contribution is -2.53. The molecule has 0 radical (unpaired) electrons. The SMILES string of the molecule is CC/N=C(\C)c1ccc2oc(=O)n(C3CCN([C@]4(C)CC[C@@H](OCCOC)CC4)CC3)c2c1. The Morgan fingerprint density at radius 1 is 1.18 bits per heavy atom. The normalized spacial score (nSPS) is 25.7. The van der Waals surface area contributed by atoms with Crippen LogP contribution in [-0.2, 0) is 9.47 Å². The highest BCUT2D eigenvalue weighted by Crippen LogP contribution is 2.38. The topological polar surface area (TPSA) is 69.2 Å². The highest BCUT2D eigenvalue weighted by Gasteiger charge is 2.38. The van der Waals surface area contributed by atoms with Crippen molar-refractivity contribution in [3.05, 3.63) is 34.3 Å². The van der Waals surface area contributed by atoms with Gasteiger partial charge in [0.05, 0.1) is 24.8 Å². The molecule has 1 aromatic carbocycles. The third-order valence-corrected chi connectivity index (χ3v) is 7.67. The van der Waals surface area contributed by atoms with Gasteiger partial charge in [-0.15, -0.1) is 0 Å². The monoisotopic (exact) mass is 457 g/mol. The first-order valence-electron chi connectivity index (χ1n) is 12.5. The smallest absolute Gasteiger partial charge is 0.408 e. The van der Waals surface area contributed by atoms with Crippen LogP contribution in [0.15, 0.2) is 32.4 Å². The molecule has 0 N–H and O–H groups in total. The Hall–Kier alpha value is -1.96. The van der Waals surface area contributed by atoms with Gasteiger partial charge in [-0.25, -0.2) is 4.79 Å². The molecular weight excluding hydrogens is 418 g/mol. The van der Waals surface area contributed by atoms with E-state index < -0.39 is 0 Å². The average Bonchev–Trinajstić information content (AvgIpc) is 3.15. The molecule has 1 aromatic heterocycles. The number of piperidine rings is 1. The van der Waals surface area contributed by atoms with Gasteiger partial charge in [-0.1, -0.05) is 0 Å². The average molecular weight is 458 g/mol. The van der Waals surface area contributed by atoms with Crippen molar-refractivity contribution >= 4 is 16.8 Å². The third kappa shape index (κ3) is 5.26. The Morgan fingerprint density at radius 2 is 1.91 bits per heavy atom. The minimum absolute atomic E-state index is 0.172. The van der Waals surface area contributed by atoms with Gasteiger partial charge < -0.3 is 13.9 Å². The van der Waals surface area contributed by atoms with Gasteiger partial charge in [0, 0.05) is 44.0 Å². The van der Waals surface area contributed by atoms with E-state index in [1.165, 1.54) is 0 Å². The quantitative estimate of drug-likeness (QED) is 0.433. The van der Waals surface area contributed by atoms with Gasteiger partial charge in [-0.3, -0.25) is 14.5 Å². The van der Waals surface area contributed by atoms with E-state index in [0.29, 0.717) is 24.9 Å². The van der Waals surface area contributed by atoms with E-state index in [-0.39, 0.29) is 17.3 Å². The summed E-state index contributed by atoms with van der Waals surface area (Å²) in [5.41, 5.74) is 3.81. The molecule has 0 unspecified atom stereocenters. The zero-order valence-electron chi connectivity index (χ0n) is 20.6. The first kappa shape index (κ1) is 24.2. The van der Waals surface area contributed by atoms with Gasteiger partial charge in [0.1, 0.15) is 0 Å². The zero-order valence-corrected chi connectivity index (χ0v) is 20.6. The maximum Gasteiger partial charge on any atom is 0.420 e. The fourth-order valence-corrected chi connectivity index (χ4v) is 5.59. The summed E-state index contributed by atoms with van der Waals surface area (Å²) in [6, 6.07) is 6.13. The summed E-state index contributed by atoms with van der Waals surface area (Å²) >= 11 is 0. The van der Waals surface area contributed by atoms with Crippen molar-refractivity contribution in [2.45, 2.75) is 77.0 Å². The number of likely N-dealkylation sites (tertiary alicyclic amines) is 1. The van der Waals surface area contributed by atoms with E-state index in [1.807, 2.05) is 30.5 Å². The van der Waals surface area contributed by atoms with E-state index in [2.05, 4.69) is 22.9 Å². The van der Waals surface area contributed by atoms with Crippen LogP contribution in [0.2, 0.25) is 0 Å². The predicted molar refractivity (Wildman–Crippen MR) is 132 cm³/mol. The van der Waals surface area contributed by atoms with Crippen molar-refractivity contribution in [2.24, 2.45) is 4.99 Å². The number of methoxy groups -OCH3 is 1. The molecule has 7 nitrogen and oxygen atoms in total. The number of rotatable bonds is 8. The summed E-state index contributed by atoms with van der Waals surface area (Å²) in [7, 11) is 1.71. The van der Waals surface area contributed by atoms with Crippen molar-refractivity contribution < 1.29 is 13.9 Å². The van der Waals surface area contributed by atoms with Gasteiger partial charge in [-0.2, -0.15) is 0 Å². The number of hydrogen-bond donors (Lipinski definition) is 0. The molecule has 2 aliphatic rings. The van der Waals surface area contributed by atoms with E-state index in [0.717, 1.165) is 75.0 Å². The molecule has 0 bridgehead atoms. The summed E-state index contributed by atoms with van der Waals surface area (Å²) in [6.45, 7) is 10.6. The number of ether oxygens (including phenoxy) is 2. The minimum Gasteiger partial charge on any atom is -0.408 e. The molecule has 33 heavy (non-hydrogen) atoms. The van der Waals surface area contributed by atoms with Crippen molar-refractivity contribution in [3.8, 4) is 0 Å². The van der Waals surface area contributed by atoms with Crippen molar-refractivity contribution in [3.63, 3.8) is 0 Å². The maximum atomic E-state index is 12.8. The van der Waals surface area contributed by atoms with Crippen LogP contribution < -0.4 is 5.76 Å². The predicted octanol–water partition coefficient (Wildman–Crippen LogP) is 4.42. The van der Waals surface area contributed by atoms with Gasteiger partial charge in [0.15, 0.2) is 5.58 Å². The summed E-state index contributed by atoms with van der Waals surface area (Å²) in [6.07, 6.45) is 6.80. The lowest BCUT2D eigenvalue weighted by molar-refractivity contribution is -0.0419. The highest BCUT2D eigenvalue weighted by molar-refractivity contribution is 6.01. The third-order valence-electron chi connectivity index (χ3n) is 7.67. The fourth-order valence-electron chi connectivity index (χ4n) is 5.59. The lowest BCUT2D eigenvalue weighted by atomic mass is 9.79. The van der Waals surface area contributed by atoms with Crippen molar-refractivity contribution in [1.82, 2.24) is 9.47 Å². The van der Waals surface area contributed by atoms with Crippen LogP contribution in [0.4, 0.5) is 0 Å². The molecule has 2 fully saturated rings. The second-order valence-corrected chi connectivity index (χ2v) is 9.76. The van der Waals surface area contributed by atoms with Crippen LogP contribution in [0, 0.1) is 0 Å². The molecule has 1 saturated heterocycles. The van der Waals surface area contributed by atoms with Crippen LogP contribution in [-0.4, -0.2) is 66.8 Å². The van der Waals surface area contributed by atoms with E-state index in [4.69, 9.17) is 13.9 Å². The standard InChI is InChI=1S/C26H39N3O4/c1-5-27-19(2)20-6-7-24-23(18-20)29(25(30)33-24)21-10-14-28(15-11-21)26(3)12-8-22(9-13-26)32-17-16-31-4/h6-7,18,21-22H,5,8-17H2,1-4H3/b27-19+/t22-,26-. The summed E-state index contributed by atoms with van der Waals surface area (Å²) in [4.78, 5) is 19.9. The first-order chi connectivity index (χ1) is 15.9. The molecule has 0 atom stereocenters. The number of fused-ring (bicyclic) bond motifs is 1. The Kier molecular flexibility index (Phi) is 7.72. The molecule has 1 aliphatic carbocycles. The van der Waals surface area contributed by atoms with Crippen LogP contribution in [0.3, 0.4) is 0 Å². The molecule has 2 aromatic rings. The summed E-state index contributed by atoms with van der Waals surface area (Å²) in [5.74, 6) is -0.245. The number of aromatic nitrogens is 1. The second kappa shape index (κ2) is 10.5. The maximum absolute atomic E-state index is 12.8.